The van der Waals surface area contributed by atoms with Crippen LogP contribution in [-0.4, -0.2) is 42.5 Å². The molecule has 0 aromatic carbocycles. The predicted molar refractivity (Wildman–Crippen MR) is 114 cm³/mol. The summed E-state index contributed by atoms with van der Waals surface area (Å²) >= 11 is 0. The van der Waals surface area contributed by atoms with Crippen molar-refractivity contribution in [3.8, 4) is 0 Å². The summed E-state index contributed by atoms with van der Waals surface area (Å²) in [4.78, 5) is 53.8. The van der Waals surface area contributed by atoms with Crippen molar-refractivity contribution in [3.05, 3.63) is 12.2 Å². The number of carbonyl (C=O) groups is 4. The Labute approximate surface area is 193 Å². The van der Waals surface area contributed by atoms with E-state index in [1.54, 1.807) is 0 Å². The molecule has 0 aromatic rings. The molecular formula is C26H32O7. The van der Waals surface area contributed by atoms with Crippen molar-refractivity contribution in [2.45, 2.75) is 77.4 Å². The molecular weight excluding hydrogens is 424 g/mol. The van der Waals surface area contributed by atoms with Crippen LogP contribution in [0.2, 0.25) is 0 Å². The van der Waals surface area contributed by atoms with E-state index < -0.39 is 40.8 Å². The van der Waals surface area contributed by atoms with Gasteiger partial charge in [-0.15, -0.1) is 0 Å². The molecule has 6 fully saturated rings. The van der Waals surface area contributed by atoms with Gasteiger partial charge in [0.1, 0.15) is 18.8 Å². The molecule has 2 bridgehead atoms. The third-order valence-corrected chi connectivity index (χ3v) is 10.1. The summed E-state index contributed by atoms with van der Waals surface area (Å²) in [5, 5.41) is 0. The summed E-state index contributed by atoms with van der Waals surface area (Å²) in [6.07, 6.45) is 4.67. The third kappa shape index (κ3) is 2.41. The Hall–Kier alpha value is -2.18. The van der Waals surface area contributed by atoms with Crippen LogP contribution in [0.25, 0.3) is 0 Å². The van der Waals surface area contributed by atoms with Crippen molar-refractivity contribution >= 4 is 23.7 Å². The van der Waals surface area contributed by atoms with Gasteiger partial charge in [0, 0.05) is 5.92 Å². The lowest BCUT2D eigenvalue weighted by molar-refractivity contribution is -0.248. The zero-order chi connectivity index (χ0) is 23.3. The van der Waals surface area contributed by atoms with Gasteiger partial charge >= 0.3 is 17.9 Å². The highest BCUT2D eigenvalue weighted by Gasteiger charge is 2.81. The molecule has 178 valence electrons. The molecule has 0 N–H and O–H groups in total. The van der Waals surface area contributed by atoms with Crippen LogP contribution in [0, 0.1) is 39.9 Å². The van der Waals surface area contributed by atoms with Crippen LogP contribution in [0.15, 0.2) is 12.2 Å². The second kappa shape index (κ2) is 6.70. The molecule has 2 spiro atoms. The lowest BCUT2D eigenvalue weighted by Gasteiger charge is -2.61. The SMILES string of the molecule is C=C1C(=O)[C@@]23C(=O)O[C@H]4CCC(C)(C)[C@H]5C(=O)OC[C@@]45[C@@H]2CC[C@@H]1[C@H]3OC(=O)C1CCCC1. The van der Waals surface area contributed by atoms with E-state index in [0.29, 0.717) is 24.8 Å². The molecule has 4 aliphatic carbocycles. The van der Waals surface area contributed by atoms with Crippen LogP contribution in [-0.2, 0) is 33.4 Å². The fourth-order valence-electron chi connectivity index (χ4n) is 8.67. The zero-order valence-electron chi connectivity index (χ0n) is 19.4. The summed E-state index contributed by atoms with van der Waals surface area (Å²) in [6, 6.07) is 0. The van der Waals surface area contributed by atoms with Gasteiger partial charge in [-0.2, -0.15) is 0 Å². The fourth-order valence-corrected chi connectivity index (χ4v) is 8.67. The molecule has 4 saturated carbocycles. The van der Waals surface area contributed by atoms with Crippen LogP contribution in [0.5, 0.6) is 0 Å². The standard InChI is InChI=1S/C26H32O7/c1-13-15-8-9-16-25-12-31-22(29)18(25)24(2,3)11-10-17(25)32-23(30)26(16,19(13)27)20(15)33-21(28)14-6-4-5-7-14/h14-18,20H,1,4-12H2,2-3H3/t15-,16-,17-,18+,20+,25+,26-/m0/s1. The Balaban J connectivity index is 1.48. The predicted octanol–water partition coefficient (Wildman–Crippen LogP) is 3.14. The summed E-state index contributed by atoms with van der Waals surface area (Å²) in [5.74, 6) is -3.07. The van der Waals surface area contributed by atoms with Crippen molar-refractivity contribution in [3.63, 3.8) is 0 Å². The Bertz CT molecular complexity index is 975. The minimum atomic E-state index is -1.62. The third-order valence-electron chi connectivity index (χ3n) is 10.1. The molecule has 2 aliphatic heterocycles. The van der Waals surface area contributed by atoms with Crippen LogP contribution < -0.4 is 0 Å². The summed E-state index contributed by atoms with van der Waals surface area (Å²) < 4.78 is 17.8. The van der Waals surface area contributed by atoms with Crippen LogP contribution in [0.1, 0.15) is 65.2 Å². The van der Waals surface area contributed by atoms with Gasteiger partial charge in [-0.1, -0.05) is 33.3 Å². The van der Waals surface area contributed by atoms with Crippen molar-refractivity contribution < 1.29 is 33.4 Å². The van der Waals surface area contributed by atoms with Gasteiger partial charge in [-0.25, -0.2) is 0 Å². The maximum atomic E-state index is 13.9. The number of rotatable bonds is 2. The largest absolute Gasteiger partial charge is 0.465 e. The highest BCUT2D eigenvalue weighted by atomic mass is 16.6. The topological polar surface area (TPSA) is 96.0 Å². The fraction of sp³-hybridized carbons (Fsp3) is 0.769. The second-order valence-corrected chi connectivity index (χ2v) is 11.9. The number of Topliss-reactive ketones (excluding diaryl/α,β-unsaturated/α-hetero) is 1. The van der Waals surface area contributed by atoms with Crippen LogP contribution in [0.4, 0.5) is 0 Å². The number of fused-ring (bicyclic) bond motifs is 1. The lowest BCUT2D eigenvalue weighted by Crippen LogP contribution is -2.71. The molecule has 2 saturated heterocycles. The quantitative estimate of drug-likeness (QED) is 0.273. The Kier molecular flexibility index (Phi) is 4.33. The maximum Gasteiger partial charge on any atom is 0.324 e. The van der Waals surface area contributed by atoms with Gasteiger partial charge in [0.05, 0.1) is 17.3 Å². The maximum absolute atomic E-state index is 13.9. The highest BCUT2D eigenvalue weighted by molar-refractivity contribution is 6.16. The van der Waals surface area contributed by atoms with E-state index in [-0.39, 0.29) is 41.6 Å². The Morgan fingerprint density at radius 3 is 2.52 bits per heavy atom. The first kappa shape index (κ1) is 21.4. The van der Waals surface area contributed by atoms with E-state index in [1.165, 1.54) is 0 Å². The monoisotopic (exact) mass is 456 g/mol. The average molecular weight is 457 g/mol. The summed E-state index contributed by atoms with van der Waals surface area (Å²) in [7, 11) is 0. The summed E-state index contributed by atoms with van der Waals surface area (Å²) in [6.45, 7) is 8.29. The van der Waals surface area contributed by atoms with E-state index in [9.17, 15) is 19.2 Å². The van der Waals surface area contributed by atoms with E-state index in [1.807, 2.05) is 0 Å². The number of esters is 3. The smallest absolute Gasteiger partial charge is 0.324 e. The molecule has 0 unspecified atom stereocenters. The van der Waals surface area contributed by atoms with Gasteiger partial charge in [-0.05, 0) is 55.4 Å². The average Bonchev–Trinajstić information content (AvgIpc) is 3.45. The Morgan fingerprint density at radius 1 is 1.06 bits per heavy atom. The molecule has 7 atom stereocenters. The van der Waals surface area contributed by atoms with Crippen LogP contribution in [0.3, 0.4) is 0 Å². The van der Waals surface area contributed by atoms with Crippen molar-refractivity contribution in [2.75, 3.05) is 6.61 Å². The summed E-state index contributed by atoms with van der Waals surface area (Å²) in [5.41, 5.74) is -2.40. The van der Waals surface area contributed by atoms with Gasteiger partial charge < -0.3 is 14.2 Å². The first-order valence-corrected chi connectivity index (χ1v) is 12.5. The highest BCUT2D eigenvalue weighted by Crippen LogP contribution is 2.71. The van der Waals surface area contributed by atoms with Crippen LogP contribution >= 0.6 is 0 Å². The molecule has 33 heavy (non-hydrogen) atoms. The number of hydrogen-bond donors (Lipinski definition) is 0. The molecule has 7 heteroatoms. The van der Waals surface area contributed by atoms with E-state index in [0.717, 1.165) is 32.1 Å². The van der Waals surface area contributed by atoms with E-state index >= 15 is 0 Å². The molecule has 7 nitrogen and oxygen atoms in total. The lowest BCUT2D eigenvalue weighted by atomic mass is 9.43. The molecule has 2 heterocycles. The van der Waals surface area contributed by atoms with Gasteiger partial charge in [0.25, 0.3) is 0 Å². The zero-order valence-corrected chi connectivity index (χ0v) is 19.4. The molecule has 6 aliphatic rings. The van der Waals surface area contributed by atoms with Crippen molar-refractivity contribution in [1.82, 2.24) is 0 Å². The first-order valence-electron chi connectivity index (χ1n) is 12.5. The molecule has 0 amide bonds. The number of cyclic esters (lactones) is 1. The normalized spacial score (nSPS) is 45.7. The minimum absolute atomic E-state index is 0.137. The number of hydrogen-bond acceptors (Lipinski definition) is 7. The molecule has 0 radical (unpaired) electrons. The van der Waals surface area contributed by atoms with Gasteiger partial charge in [0.2, 0.25) is 0 Å². The number of ether oxygens (including phenoxy) is 3. The first-order chi connectivity index (χ1) is 15.7. The van der Waals surface area contributed by atoms with Gasteiger partial charge in [-0.3, -0.25) is 19.2 Å². The van der Waals surface area contributed by atoms with Gasteiger partial charge in [0.15, 0.2) is 11.2 Å². The Morgan fingerprint density at radius 2 is 1.79 bits per heavy atom. The second-order valence-electron chi connectivity index (χ2n) is 11.9. The molecule has 0 aromatic heterocycles. The van der Waals surface area contributed by atoms with Crippen molar-refractivity contribution in [1.29, 1.82) is 0 Å². The van der Waals surface area contributed by atoms with Crippen molar-refractivity contribution in [2.24, 2.45) is 39.9 Å². The van der Waals surface area contributed by atoms with E-state index in [2.05, 4.69) is 20.4 Å². The molecule has 6 rings (SSSR count). The minimum Gasteiger partial charge on any atom is -0.465 e. The number of carbonyl (C=O) groups excluding carboxylic acids is 4. The number of ketones is 1. The van der Waals surface area contributed by atoms with E-state index in [4.69, 9.17) is 14.2 Å².